The first-order valence-corrected chi connectivity index (χ1v) is 7.61. The minimum atomic E-state index is -0.280. The van der Waals surface area contributed by atoms with E-state index in [1.54, 1.807) is 32.1 Å². The number of esters is 1. The molecular weight excluding hydrogens is 276 g/mol. The molecule has 0 aliphatic heterocycles. The van der Waals surface area contributed by atoms with E-state index in [2.05, 4.69) is 37.3 Å². The van der Waals surface area contributed by atoms with Gasteiger partial charge in [0, 0.05) is 6.92 Å². The number of rotatable bonds is 2. The quantitative estimate of drug-likeness (QED) is 0.355. The van der Waals surface area contributed by atoms with Crippen molar-refractivity contribution in [3.05, 3.63) is 49.5 Å². The first-order chi connectivity index (χ1) is 10.4. The third-order valence-corrected chi connectivity index (χ3v) is 1.10. The fraction of sp³-hybridized carbons (Fsp3) is 0.526. The molecule has 3 nitrogen and oxygen atoms in total. The van der Waals surface area contributed by atoms with E-state index < -0.39 is 0 Å². The molecule has 0 spiro atoms. The molecule has 0 saturated heterocycles. The van der Waals surface area contributed by atoms with Crippen LogP contribution in [0.2, 0.25) is 0 Å². The first-order valence-electron chi connectivity index (χ1n) is 7.61. The fourth-order valence-corrected chi connectivity index (χ4v) is 0.549. The molecule has 132 valence electrons. The highest BCUT2D eigenvalue weighted by atomic mass is 16.5. The monoisotopic (exact) mass is 314 g/mol. The van der Waals surface area contributed by atoms with Crippen LogP contribution in [0.4, 0.5) is 0 Å². The molecule has 0 rings (SSSR count). The van der Waals surface area contributed by atoms with E-state index in [0.29, 0.717) is 0 Å². The molecule has 0 saturated carbocycles. The van der Waals surface area contributed by atoms with Crippen LogP contribution in [0.25, 0.3) is 0 Å². The van der Waals surface area contributed by atoms with Gasteiger partial charge in [-0.1, -0.05) is 58.1 Å². The van der Waals surface area contributed by atoms with E-state index in [1.807, 2.05) is 27.7 Å². The second kappa shape index (κ2) is 42.7. The molecule has 0 bridgehead atoms. The first kappa shape index (κ1) is 32.3. The van der Waals surface area contributed by atoms with Crippen LogP contribution in [-0.4, -0.2) is 11.1 Å². The normalized spacial score (nSPS) is 8.64. The molecule has 0 amide bonds. The highest BCUT2D eigenvalue weighted by Gasteiger charge is 1.80. The van der Waals surface area contributed by atoms with Crippen LogP contribution in [0.1, 0.15) is 62.3 Å². The van der Waals surface area contributed by atoms with E-state index in [0.717, 1.165) is 12.2 Å². The van der Waals surface area contributed by atoms with Gasteiger partial charge in [0.05, 0.1) is 12.5 Å². The number of aliphatic hydroxyl groups excluding tert-OH is 1. The van der Waals surface area contributed by atoms with Gasteiger partial charge in [-0.3, -0.25) is 4.79 Å². The van der Waals surface area contributed by atoms with Crippen molar-refractivity contribution in [1.82, 2.24) is 0 Å². The predicted molar refractivity (Wildman–Crippen MR) is 101 cm³/mol. The van der Waals surface area contributed by atoms with Gasteiger partial charge in [-0.25, -0.2) is 0 Å². The van der Waals surface area contributed by atoms with Crippen molar-refractivity contribution in [1.29, 1.82) is 0 Å². The standard InChI is InChI=1S/C6H12.C5H8O2.C3H6O.C3H6.C2H6/c1-4-5-6(2)3;1-3-4-7-5(2)6;1-2-3-4;1-3-2;1-2/h4-6H,1-3H3;3-4H,1-2H3;2-4H,1H3;3H,1H2,2H3;1-2H3. The zero-order valence-corrected chi connectivity index (χ0v) is 16.1. The summed E-state index contributed by atoms with van der Waals surface area (Å²) in [5, 5.41) is 7.69. The van der Waals surface area contributed by atoms with E-state index in [-0.39, 0.29) is 5.97 Å². The molecule has 0 atom stereocenters. The van der Waals surface area contributed by atoms with Crippen LogP contribution in [0, 0.1) is 5.92 Å². The summed E-state index contributed by atoms with van der Waals surface area (Å²) in [6.07, 6.45) is 11.5. The Kier molecular flexibility index (Phi) is 62.6. The lowest BCUT2D eigenvalue weighted by Crippen LogP contribution is -1.88. The molecule has 3 heteroatoms. The maximum Gasteiger partial charge on any atom is 0.307 e. The van der Waals surface area contributed by atoms with Gasteiger partial charge in [-0.05, 0) is 33.6 Å². The minimum Gasteiger partial charge on any atom is -0.516 e. The van der Waals surface area contributed by atoms with Crippen LogP contribution in [0.15, 0.2) is 49.5 Å². The maximum absolute atomic E-state index is 9.93. The number of aliphatic hydroxyl groups is 1. The Labute approximate surface area is 139 Å². The second-order valence-corrected chi connectivity index (χ2v) is 3.74. The highest BCUT2D eigenvalue weighted by molar-refractivity contribution is 5.66. The number of carbonyl (C=O) groups is 1. The largest absolute Gasteiger partial charge is 0.516 e. The van der Waals surface area contributed by atoms with Gasteiger partial charge in [0.2, 0.25) is 0 Å². The molecule has 1 N–H and O–H groups in total. The van der Waals surface area contributed by atoms with Crippen molar-refractivity contribution < 1.29 is 14.6 Å². The summed E-state index contributed by atoms with van der Waals surface area (Å²) < 4.78 is 4.37. The molecule has 0 aliphatic rings. The van der Waals surface area contributed by atoms with Crippen LogP contribution in [0.3, 0.4) is 0 Å². The number of hydrogen-bond donors (Lipinski definition) is 1. The van der Waals surface area contributed by atoms with Crippen molar-refractivity contribution in [3.8, 4) is 0 Å². The van der Waals surface area contributed by atoms with Crippen LogP contribution in [-0.2, 0) is 9.53 Å². The zero-order chi connectivity index (χ0) is 18.8. The van der Waals surface area contributed by atoms with E-state index in [4.69, 9.17) is 5.11 Å². The van der Waals surface area contributed by atoms with Gasteiger partial charge < -0.3 is 9.84 Å². The molecule has 0 aromatic rings. The summed E-state index contributed by atoms with van der Waals surface area (Å²) in [5.41, 5.74) is 0. The summed E-state index contributed by atoms with van der Waals surface area (Å²) in [6, 6.07) is 0. The van der Waals surface area contributed by atoms with Crippen molar-refractivity contribution in [3.63, 3.8) is 0 Å². The molecule has 0 unspecified atom stereocenters. The molecule has 0 radical (unpaired) electrons. The molecule has 0 aliphatic carbocycles. The molecule has 0 fully saturated rings. The van der Waals surface area contributed by atoms with Crippen LogP contribution >= 0.6 is 0 Å². The topological polar surface area (TPSA) is 46.5 Å². The third-order valence-electron chi connectivity index (χ3n) is 1.10. The van der Waals surface area contributed by atoms with Gasteiger partial charge in [0.15, 0.2) is 0 Å². The lowest BCUT2D eigenvalue weighted by Gasteiger charge is -1.86. The van der Waals surface area contributed by atoms with Gasteiger partial charge in [0.25, 0.3) is 0 Å². The van der Waals surface area contributed by atoms with Gasteiger partial charge in [0.1, 0.15) is 0 Å². The summed E-state index contributed by atoms with van der Waals surface area (Å²) in [7, 11) is 0. The van der Waals surface area contributed by atoms with Crippen LogP contribution in [0.5, 0.6) is 0 Å². The lowest BCUT2D eigenvalue weighted by molar-refractivity contribution is -0.135. The number of ether oxygens (including phenoxy) is 1. The molecular formula is C19H38O3. The Morgan fingerprint density at radius 3 is 1.45 bits per heavy atom. The minimum absolute atomic E-state index is 0.280. The van der Waals surface area contributed by atoms with Crippen molar-refractivity contribution in [2.45, 2.75) is 62.3 Å². The van der Waals surface area contributed by atoms with Crippen LogP contribution < -0.4 is 0 Å². The third kappa shape index (κ3) is 139. The van der Waals surface area contributed by atoms with Crippen molar-refractivity contribution in [2.24, 2.45) is 5.92 Å². The number of allylic oxidation sites excluding steroid dienone is 5. The number of carbonyl (C=O) groups excluding carboxylic acids is 1. The molecule has 0 aromatic carbocycles. The van der Waals surface area contributed by atoms with Crippen molar-refractivity contribution >= 4 is 5.97 Å². The lowest BCUT2D eigenvalue weighted by atomic mass is 10.2. The van der Waals surface area contributed by atoms with Gasteiger partial charge in [-0.2, -0.15) is 0 Å². The average molecular weight is 315 g/mol. The summed E-state index contributed by atoms with van der Waals surface area (Å²) in [6.45, 7) is 20.5. The average Bonchev–Trinajstić information content (AvgIpc) is 2.48. The summed E-state index contributed by atoms with van der Waals surface area (Å²) in [4.78, 5) is 9.93. The zero-order valence-electron chi connectivity index (χ0n) is 16.1. The Bertz CT molecular complexity index is 258. The Balaban J connectivity index is -0.0000000586. The summed E-state index contributed by atoms with van der Waals surface area (Å²) >= 11 is 0. The molecule has 22 heavy (non-hydrogen) atoms. The molecule has 0 aromatic heterocycles. The Hall–Kier alpha value is -1.77. The van der Waals surface area contributed by atoms with E-state index in [1.165, 1.54) is 13.2 Å². The number of hydrogen-bond acceptors (Lipinski definition) is 3. The highest BCUT2D eigenvalue weighted by Crippen LogP contribution is 1.90. The Morgan fingerprint density at radius 2 is 1.41 bits per heavy atom. The maximum atomic E-state index is 9.93. The van der Waals surface area contributed by atoms with Gasteiger partial charge >= 0.3 is 5.97 Å². The predicted octanol–water partition coefficient (Wildman–Crippen LogP) is 6.60. The Morgan fingerprint density at radius 1 is 1.05 bits per heavy atom. The smallest absolute Gasteiger partial charge is 0.307 e. The SMILES string of the molecule is C=CC.CC.CC=CC(C)C.CC=CO.CC=COC(C)=O. The van der Waals surface area contributed by atoms with Gasteiger partial charge in [-0.15, -0.1) is 6.58 Å². The van der Waals surface area contributed by atoms with E-state index in [9.17, 15) is 4.79 Å². The fourth-order valence-electron chi connectivity index (χ4n) is 0.549. The van der Waals surface area contributed by atoms with Crippen molar-refractivity contribution in [2.75, 3.05) is 0 Å². The molecule has 0 heterocycles. The summed E-state index contributed by atoms with van der Waals surface area (Å²) in [5.74, 6) is 0.438. The van der Waals surface area contributed by atoms with E-state index >= 15 is 0 Å². The second-order valence-electron chi connectivity index (χ2n) is 3.74.